The molecule has 0 amide bonds. The second-order valence-electron chi connectivity index (χ2n) is 4.87. The molecule has 1 aliphatic rings. The number of ether oxygens (including phenoxy) is 1. The zero-order chi connectivity index (χ0) is 13.9. The van der Waals surface area contributed by atoms with Gasteiger partial charge in [-0.15, -0.1) is 0 Å². The van der Waals surface area contributed by atoms with Crippen molar-refractivity contribution < 1.29 is 14.3 Å². The first-order valence-electron chi connectivity index (χ1n) is 6.59. The average Bonchev–Trinajstić information content (AvgIpc) is 2.77. The topological polar surface area (TPSA) is 43.4 Å². The molecule has 1 aliphatic carbocycles. The molecule has 0 N–H and O–H groups in total. The lowest BCUT2D eigenvalue weighted by Crippen LogP contribution is -2.25. The summed E-state index contributed by atoms with van der Waals surface area (Å²) in [7, 11) is 0. The van der Waals surface area contributed by atoms with E-state index in [-0.39, 0.29) is 18.2 Å². The van der Waals surface area contributed by atoms with Crippen molar-refractivity contribution in [3.8, 4) is 0 Å². The summed E-state index contributed by atoms with van der Waals surface area (Å²) in [6.07, 6.45) is 0.0138. The van der Waals surface area contributed by atoms with Crippen molar-refractivity contribution in [1.82, 2.24) is 0 Å². The summed E-state index contributed by atoms with van der Waals surface area (Å²) >= 11 is 0. The summed E-state index contributed by atoms with van der Waals surface area (Å²) in [5.41, 5.74) is 2.51. The van der Waals surface area contributed by atoms with Gasteiger partial charge < -0.3 is 4.74 Å². The highest BCUT2D eigenvalue weighted by atomic mass is 16.5. The molecule has 0 bridgehead atoms. The normalized spacial score (nSPS) is 16.8. The molecule has 0 saturated carbocycles. The van der Waals surface area contributed by atoms with E-state index in [0.29, 0.717) is 12.0 Å². The maximum atomic E-state index is 12.1. The van der Waals surface area contributed by atoms with Crippen molar-refractivity contribution in [1.29, 1.82) is 0 Å². The fourth-order valence-corrected chi connectivity index (χ4v) is 2.46. The predicted octanol–water partition coefficient (Wildman–Crippen LogP) is 2.58. The van der Waals surface area contributed by atoms with Crippen molar-refractivity contribution >= 4 is 11.8 Å². The van der Waals surface area contributed by atoms with Crippen LogP contribution in [0.2, 0.25) is 0 Å². The molecule has 3 heteroatoms. The largest absolute Gasteiger partial charge is 0.453 e. The smallest absolute Gasteiger partial charge is 0.310 e. The van der Waals surface area contributed by atoms with Gasteiger partial charge in [-0.25, -0.2) is 0 Å². The Bertz CT molecular complexity index is 646. The van der Waals surface area contributed by atoms with Crippen LogP contribution in [0, 0.1) is 0 Å². The molecule has 0 fully saturated rings. The van der Waals surface area contributed by atoms with Crippen molar-refractivity contribution in [3.63, 3.8) is 0 Å². The van der Waals surface area contributed by atoms with Crippen LogP contribution in [0.5, 0.6) is 0 Å². The maximum absolute atomic E-state index is 12.1. The number of carbonyl (C=O) groups excluding carboxylic acids is 2. The first kappa shape index (κ1) is 12.6. The van der Waals surface area contributed by atoms with E-state index in [1.54, 1.807) is 6.07 Å². The van der Waals surface area contributed by atoms with E-state index >= 15 is 0 Å². The Morgan fingerprint density at radius 1 is 1.05 bits per heavy atom. The molecule has 2 aromatic carbocycles. The molecule has 0 spiro atoms. The average molecular weight is 266 g/mol. The summed E-state index contributed by atoms with van der Waals surface area (Å²) in [5, 5.41) is 0. The Hall–Kier alpha value is -2.42. The number of hydrogen-bond acceptors (Lipinski definition) is 3. The molecule has 3 rings (SSSR count). The van der Waals surface area contributed by atoms with Gasteiger partial charge in [0.15, 0.2) is 6.10 Å². The van der Waals surface area contributed by atoms with Gasteiger partial charge in [0, 0.05) is 12.0 Å². The molecular weight excluding hydrogens is 252 g/mol. The van der Waals surface area contributed by atoms with Gasteiger partial charge in [0.2, 0.25) is 5.78 Å². The van der Waals surface area contributed by atoms with Crippen LogP contribution in [0.1, 0.15) is 21.5 Å². The van der Waals surface area contributed by atoms with Gasteiger partial charge in [-0.2, -0.15) is 0 Å². The molecule has 20 heavy (non-hydrogen) atoms. The van der Waals surface area contributed by atoms with Crippen LogP contribution in [0.4, 0.5) is 0 Å². The number of hydrogen-bond donors (Lipinski definition) is 0. The van der Waals surface area contributed by atoms with Crippen LogP contribution in [0.3, 0.4) is 0 Å². The van der Waals surface area contributed by atoms with Crippen LogP contribution in [0.25, 0.3) is 0 Å². The second kappa shape index (κ2) is 5.29. The predicted molar refractivity (Wildman–Crippen MR) is 74.5 cm³/mol. The van der Waals surface area contributed by atoms with E-state index in [1.807, 2.05) is 48.5 Å². The molecule has 0 heterocycles. The number of esters is 1. The Morgan fingerprint density at radius 2 is 1.75 bits per heavy atom. The zero-order valence-corrected chi connectivity index (χ0v) is 10.9. The highest BCUT2D eigenvalue weighted by molar-refractivity contribution is 6.04. The van der Waals surface area contributed by atoms with E-state index in [9.17, 15) is 9.59 Å². The molecule has 1 atom stereocenters. The molecular formula is C17H14O3. The zero-order valence-electron chi connectivity index (χ0n) is 10.9. The molecule has 100 valence electrons. The fourth-order valence-electron chi connectivity index (χ4n) is 2.46. The molecule has 0 saturated heterocycles. The van der Waals surface area contributed by atoms with Gasteiger partial charge >= 0.3 is 5.97 Å². The molecule has 0 radical (unpaired) electrons. The monoisotopic (exact) mass is 266 g/mol. The number of Topliss-reactive ketones (excluding diaryl/α,β-unsaturated/α-hetero) is 1. The second-order valence-corrected chi connectivity index (χ2v) is 4.87. The number of carbonyl (C=O) groups is 2. The van der Waals surface area contributed by atoms with Crippen LogP contribution in [-0.4, -0.2) is 17.9 Å². The highest BCUT2D eigenvalue weighted by Gasteiger charge is 2.32. The Morgan fingerprint density at radius 3 is 2.50 bits per heavy atom. The highest BCUT2D eigenvalue weighted by Crippen LogP contribution is 2.24. The summed E-state index contributed by atoms with van der Waals surface area (Å²) in [4.78, 5) is 24.0. The number of fused-ring (bicyclic) bond motifs is 1. The van der Waals surface area contributed by atoms with E-state index in [1.165, 1.54) is 0 Å². The minimum absolute atomic E-state index is 0.0954. The van der Waals surface area contributed by atoms with Crippen molar-refractivity contribution in [3.05, 3.63) is 71.3 Å². The number of rotatable bonds is 3. The first-order valence-corrected chi connectivity index (χ1v) is 6.59. The third-order valence-corrected chi connectivity index (χ3v) is 3.45. The summed E-state index contributed by atoms with van der Waals surface area (Å²) in [5.74, 6) is -0.454. The van der Waals surface area contributed by atoms with Crippen molar-refractivity contribution in [2.45, 2.75) is 18.9 Å². The Balaban J connectivity index is 1.65. The summed E-state index contributed by atoms with van der Waals surface area (Å²) in [6.45, 7) is 0. The first-order chi connectivity index (χ1) is 9.74. The fraction of sp³-hybridized carbons (Fsp3) is 0.176. The lowest BCUT2D eigenvalue weighted by Gasteiger charge is -2.10. The van der Waals surface area contributed by atoms with Gasteiger partial charge in [-0.3, -0.25) is 9.59 Å². The van der Waals surface area contributed by atoms with Gasteiger partial charge in [-0.1, -0.05) is 54.6 Å². The number of benzene rings is 2. The molecule has 1 unspecified atom stereocenters. The van der Waals surface area contributed by atoms with E-state index < -0.39 is 6.10 Å². The third kappa shape index (κ3) is 2.48. The molecule has 2 aromatic rings. The van der Waals surface area contributed by atoms with Gasteiger partial charge in [0.1, 0.15) is 0 Å². The minimum atomic E-state index is -0.663. The maximum Gasteiger partial charge on any atom is 0.310 e. The van der Waals surface area contributed by atoms with Crippen LogP contribution >= 0.6 is 0 Å². The van der Waals surface area contributed by atoms with E-state index in [2.05, 4.69) is 0 Å². The van der Waals surface area contributed by atoms with E-state index in [0.717, 1.165) is 11.1 Å². The molecule has 0 aliphatic heterocycles. The SMILES string of the molecule is O=C(Cc1ccccc1)OC1Cc2ccccc2C1=O. The van der Waals surface area contributed by atoms with Crippen LogP contribution < -0.4 is 0 Å². The van der Waals surface area contributed by atoms with E-state index in [4.69, 9.17) is 4.74 Å². The standard InChI is InChI=1S/C17H14O3/c18-16(10-12-6-2-1-3-7-12)20-15-11-13-8-4-5-9-14(13)17(15)19/h1-9,15H,10-11H2. The van der Waals surface area contributed by atoms with Crippen molar-refractivity contribution in [2.24, 2.45) is 0 Å². The van der Waals surface area contributed by atoms with Gasteiger partial charge in [0.25, 0.3) is 0 Å². The quantitative estimate of drug-likeness (QED) is 0.802. The Kier molecular flexibility index (Phi) is 3.33. The Labute approximate surface area is 117 Å². The third-order valence-electron chi connectivity index (χ3n) is 3.45. The summed E-state index contributed by atoms with van der Waals surface area (Å²) < 4.78 is 5.32. The van der Waals surface area contributed by atoms with Crippen LogP contribution in [-0.2, 0) is 22.4 Å². The minimum Gasteiger partial charge on any atom is -0.453 e. The lowest BCUT2D eigenvalue weighted by molar-refractivity contribution is -0.145. The molecule has 3 nitrogen and oxygen atoms in total. The summed E-state index contributed by atoms with van der Waals surface area (Å²) in [6, 6.07) is 16.8. The van der Waals surface area contributed by atoms with Crippen molar-refractivity contribution in [2.75, 3.05) is 0 Å². The molecule has 0 aromatic heterocycles. The van der Waals surface area contributed by atoms with Gasteiger partial charge in [0.05, 0.1) is 6.42 Å². The van der Waals surface area contributed by atoms with Gasteiger partial charge in [-0.05, 0) is 11.1 Å². The lowest BCUT2D eigenvalue weighted by atomic mass is 10.1. The number of ketones is 1. The van der Waals surface area contributed by atoms with Crippen LogP contribution in [0.15, 0.2) is 54.6 Å².